The molecule has 0 bridgehead atoms. The predicted molar refractivity (Wildman–Crippen MR) is 101 cm³/mol. The monoisotopic (exact) mass is 390 g/mol. The van der Waals surface area contributed by atoms with E-state index >= 15 is 0 Å². The normalized spacial score (nSPS) is 11.2. The maximum atomic E-state index is 11.9. The molecule has 2 rings (SSSR count). The maximum absolute atomic E-state index is 11.9. The summed E-state index contributed by atoms with van der Waals surface area (Å²) in [6.45, 7) is 0.716. The minimum atomic E-state index is -0.926. The van der Waals surface area contributed by atoms with E-state index < -0.39 is 30.4 Å². The van der Waals surface area contributed by atoms with Crippen molar-refractivity contribution in [3.63, 3.8) is 0 Å². The number of esters is 1. The Labute approximate surface area is 161 Å². The number of amides is 2. The Morgan fingerprint density at radius 1 is 0.963 bits per heavy atom. The number of nitrogens with one attached hydrogen (secondary N) is 2. The van der Waals surface area contributed by atoms with Crippen molar-refractivity contribution in [2.75, 3.05) is 18.5 Å². The van der Waals surface area contributed by atoms with E-state index in [4.69, 9.17) is 21.1 Å². The van der Waals surface area contributed by atoms with Gasteiger partial charge in [-0.3, -0.25) is 9.59 Å². The Hall–Kier alpha value is -3.06. The average Bonchev–Trinajstić information content (AvgIpc) is 2.67. The molecule has 0 aliphatic rings. The predicted octanol–water partition coefficient (Wildman–Crippen LogP) is 2.41. The topological polar surface area (TPSA) is 93.7 Å². The molecule has 0 saturated heterocycles. The van der Waals surface area contributed by atoms with Crippen molar-refractivity contribution in [1.82, 2.24) is 5.32 Å². The Bertz CT molecular complexity index is 798. The molecule has 0 heterocycles. The number of halogens is 1. The molecule has 0 spiro atoms. The van der Waals surface area contributed by atoms with Gasteiger partial charge in [-0.25, -0.2) is 4.79 Å². The number of para-hydroxylation sites is 2. The molecule has 27 heavy (non-hydrogen) atoms. The highest BCUT2D eigenvalue weighted by Crippen LogP contribution is 2.20. The van der Waals surface area contributed by atoms with Crippen LogP contribution in [-0.4, -0.2) is 37.0 Å². The summed E-state index contributed by atoms with van der Waals surface area (Å²) < 4.78 is 10.2. The molecule has 7 nitrogen and oxygen atoms in total. The first-order valence-corrected chi connectivity index (χ1v) is 8.51. The molecule has 0 aliphatic heterocycles. The van der Waals surface area contributed by atoms with Crippen LogP contribution in [0.1, 0.15) is 6.92 Å². The standard InChI is InChI=1S/C19H19ClN2O5/c1-13(21-17(23)11-26-14-7-3-2-4-8-14)19(25)27-12-18(24)22-16-10-6-5-9-15(16)20/h2-10,13H,11-12H2,1H3,(H,21,23)(H,22,24)/t13-/m0/s1. The first-order chi connectivity index (χ1) is 13.0. The van der Waals surface area contributed by atoms with Crippen molar-refractivity contribution in [2.24, 2.45) is 0 Å². The van der Waals surface area contributed by atoms with Crippen molar-refractivity contribution in [1.29, 1.82) is 0 Å². The van der Waals surface area contributed by atoms with Crippen LogP contribution in [0.25, 0.3) is 0 Å². The van der Waals surface area contributed by atoms with Gasteiger partial charge in [0.2, 0.25) is 0 Å². The molecular formula is C19H19ClN2O5. The van der Waals surface area contributed by atoms with Gasteiger partial charge >= 0.3 is 5.97 Å². The fraction of sp³-hybridized carbons (Fsp3) is 0.211. The molecule has 0 saturated carbocycles. The molecule has 142 valence electrons. The molecule has 2 aromatic carbocycles. The Morgan fingerprint density at radius 2 is 1.63 bits per heavy atom. The highest BCUT2D eigenvalue weighted by atomic mass is 35.5. The highest BCUT2D eigenvalue weighted by molar-refractivity contribution is 6.33. The number of ether oxygens (including phenoxy) is 2. The summed E-state index contributed by atoms with van der Waals surface area (Å²) in [5, 5.41) is 5.34. The van der Waals surface area contributed by atoms with E-state index in [1.807, 2.05) is 6.07 Å². The van der Waals surface area contributed by atoms with Crippen LogP contribution in [0.5, 0.6) is 5.75 Å². The van der Waals surface area contributed by atoms with Crippen molar-refractivity contribution in [2.45, 2.75) is 13.0 Å². The van der Waals surface area contributed by atoms with Gasteiger partial charge in [-0.05, 0) is 31.2 Å². The van der Waals surface area contributed by atoms with E-state index in [9.17, 15) is 14.4 Å². The lowest BCUT2D eigenvalue weighted by Crippen LogP contribution is -2.42. The van der Waals surface area contributed by atoms with Gasteiger partial charge in [-0.1, -0.05) is 41.9 Å². The third-order valence-electron chi connectivity index (χ3n) is 3.34. The quantitative estimate of drug-likeness (QED) is 0.675. The van der Waals surface area contributed by atoms with Crippen LogP contribution < -0.4 is 15.4 Å². The van der Waals surface area contributed by atoms with Crippen LogP contribution in [0, 0.1) is 0 Å². The number of hydrogen-bond donors (Lipinski definition) is 2. The molecule has 0 aliphatic carbocycles. The van der Waals surface area contributed by atoms with E-state index in [1.165, 1.54) is 6.92 Å². The number of carbonyl (C=O) groups excluding carboxylic acids is 3. The summed E-state index contributed by atoms with van der Waals surface area (Å²) >= 11 is 5.93. The number of carbonyl (C=O) groups is 3. The second-order valence-corrected chi connectivity index (χ2v) is 5.93. The summed E-state index contributed by atoms with van der Waals surface area (Å²) in [5.74, 6) is -1.22. The van der Waals surface area contributed by atoms with Crippen LogP contribution in [0.2, 0.25) is 5.02 Å². The van der Waals surface area contributed by atoms with Crippen molar-refractivity contribution in [3.05, 3.63) is 59.6 Å². The van der Waals surface area contributed by atoms with Gasteiger partial charge in [0, 0.05) is 0 Å². The number of hydrogen-bond acceptors (Lipinski definition) is 5. The lowest BCUT2D eigenvalue weighted by atomic mass is 10.3. The molecule has 0 unspecified atom stereocenters. The molecule has 2 N–H and O–H groups in total. The van der Waals surface area contributed by atoms with Crippen LogP contribution in [0.15, 0.2) is 54.6 Å². The molecule has 1 atom stereocenters. The lowest BCUT2D eigenvalue weighted by Gasteiger charge is -2.14. The van der Waals surface area contributed by atoms with Crippen LogP contribution in [0.3, 0.4) is 0 Å². The van der Waals surface area contributed by atoms with Crippen molar-refractivity contribution < 1.29 is 23.9 Å². The first-order valence-electron chi connectivity index (χ1n) is 8.14. The summed E-state index contributed by atoms with van der Waals surface area (Å²) in [4.78, 5) is 35.5. The molecule has 2 aromatic rings. The molecule has 0 fully saturated rings. The Balaban J connectivity index is 1.70. The molecular weight excluding hydrogens is 372 g/mol. The zero-order valence-electron chi connectivity index (χ0n) is 14.6. The summed E-state index contributed by atoms with van der Waals surface area (Å²) in [7, 11) is 0. The van der Waals surface area contributed by atoms with Gasteiger partial charge in [-0.2, -0.15) is 0 Å². The van der Waals surface area contributed by atoms with E-state index in [0.29, 0.717) is 16.5 Å². The van der Waals surface area contributed by atoms with Crippen LogP contribution in [-0.2, 0) is 19.1 Å². The maximum Gasteiger partial charge on any atom is 0.328 e. The second kappa shape index (κ2) is 10.2. The SMILES string of the molecule is C[C@H](NC(=O)COc1ccccc1)C(=O)OCC(=O)Nc1ccccc1Cl. The number of anilines is 1. The first kappa shape index (κ1) is 20.3. The fourth-order valence-corrected chi connectivity index (χ4v) is 2.20. The lowest BCUT2D eigenvalue weighted by molar-refractivity contribution is -0.150. The van der Waals surface area contributed by atoms with Crippen molar-refractivity contribution >= 4 is 35.1 Å². The van der Waals surface area contributed by atoms with Gasteiger partial charge < -0.3 is 20.1 Å². The summed E-state index contributed by atoms with van der Waals surface area (Å²) in [6, 6.07) is 14.6. The van der Waals surface area contributed by atoms with Crippen LogP contribution in [0.4, 0.5) is 5.69 Å². The van der Waals surface area contributed by atoms with E-state index in [0.717, 1.165) is 0 Å². The van der Waals surface area contributed by atoms with Gasteiger partial charge in [-0.15, -0.1) is 0 Å². The zero-order valence-corrected chi connectivity index (χ0v) is 15.4. The number of rotatable bonds is 8. The number of benzene rings is 2. The van der Waals surface area contributed by atoms with Gasteiger partial charge in [0.15, 0.2) is 13.2 Å². The largest absolute Gasteiger partial charge is 0.484 e. The molecule has 8 heteroatoms. The van der Waals surface area contributed by atoms with Gasteiger partial charge in [0.1, 0.15) is 11.8 Å². The van der Waals surface area contributed by atoms with Gasteiger partial charge in [0.25, 0.3) is 11.8 Å². The molecule has 0 radical (unpaired) electrons. The molecule has 0 aromatic heterocycles. The Morgan fingerprint density at radius 3 is 2.33 bits per heavy atom. The molecule has 2 amide bonds. The van der Waals surface area contributed by atoms with Crippen molar-refractivity contribution in [3.8, 4) is 5.75 Å². The summed E-state index contributed by atoms with van der Waals surface area (Å²) in [5.41, 5.74) is 0.416. The minimum Gasteiger partial charge on any atom is -0.484 e. The third kappa shape index (κ3) is 6.99. The van der Waals surface area contributed by atoms with Crippen LogP contribution >= 0.6 is 11.6 Å². The van der Waals surface area contributed by atoms with Gasteiger partial charge in [0.05, 0.1) is 10.7 Å². The van der Waals surface area contributed by atoms with E-state index in [-0.39, 0.29) is 6.61 Å². The smallest absolute Gasteiger partial charge is 0.328 e. The third-order valence-corrected chi connectivity index (χ3v) is 3.67. The second-order valence-electron chi connectivity index (χ2n) is 5.53. The average molecular weight is 391 g/mol. The van der Waals surface area contributed by atoms with E-state index in [1.54, 1.807) is 48.5 Å². The Kier molecular flexibility index (Phi) is 7.63. The highest BCUT2D eigenvalue weighted by Gasteiger charge is 2.18. The summed E-state index contributed by atoms with van der Waals surface area (Å²) in [6.07, 6.45) is 0. The fourth-order valence-electron chi connectivity index (χ4n) is 2.02. The minimum absolute atomic E-state index is 0.241. The van der Waals surface area contributed by atoms with E-state index in [2.05, 4.69) is 10.6 Å². The zero-order chi connectivity index (χ0) is 19.6.